The number of aryl methyl sites for hydroxylation is 4. The highest BCUT2D eigenvalue weighted by atomic mass is 14.7. The predicted octanol–water partition coefficient (Wildman–Crippen LogP) is 4.02. The Morgan fingerprint density at radius 3 is 2.28 bits per heavy atom. The first kappa shape index (κ1) is 11.1. The molecule has 3 aromatic rings. The Hall–Kier alpha value is -1.96. The topological polar surface area (TPSA) is 25.8 Å². The van der Waals surface area contributed by atoms with Gasteiger partial charge in [-0.2, -0.15) is 0 Å². The van der Waals surface area contributed by atoms with Crippen LogP contribution in [0.25, 0.3) is 21.8 Å². The van der Waals surface area contributed by atoms with Crippen LogP contribution >= 0.6 is 0 Å². The summed E-state index contributed by atoms with van der Waals surface area (Å²) in [7, 11) is 0. The van der Waals surface area contributed by atoms with Crippen molar-refractivity contribution in [1.29, 1.82) is 0 Å². The molecule has 0 unspecified atom stereocenters. The molecule has 2 heterocycles. The third kappa shape index (κ3) is 1.49. The van der Waals surface area contributed by atoms with Crippen molar-refractivity contribution >= 4 is 21.8 Å². The summed E-state index contributed by atoms with van der Waals surface area (Å²) in [6, 6.07) is 4.39. The molecule has 2 nitrogen and oxygen atoms in total. The summed E-state index contributed by atoms with van der Waals surface area (Å²) >= 11 is 0. The SMILES string of the molecule is Cc1cnc2c(c1)cc(C)c1c(C)c(C)cnc12. The Kier molecular flexibility index (Phi) is 2.34. The highest BCUT2D eigenvalue weighted by Gasteiger charge is 2.10. The van der Waals surface area contributed by atoms with Crippen molar-refractivity contribution in [3.8, 4) is 0 Å². The van der Waals surface area contributed by atoms with Crippen molar-refractivity contribution in [3.05, 3.63) is 46.8 Å². The van der Waals surface area contributed by atoms with Gasteiger partial charge in [0, 0.05) is 23.2 Å². The molecule has 1 aromatic carbocycles. The van der Waals surface area contributed by atoms with Crippen molar-refractivity contribution in [2.24, 2.45) is 0 Å². The molecule has 0 spiro atoms. The lowest BCUT2D eigenvalue weighted by molar-refractivity contribution is 1.26. The van der Waals surface area contributed by atoms with Crippen molar-refractivity contribution in [3.63, 3.8) is 0 Å². The number of fused-ring (bicyclic) bond motifs is 3. The molecule has 3 rings (SSSR count). The highest BCUT2D eigenvalue weighted by molar-refractivity contribution is 6.05. The molecular formula is C16H16N2. The third-order valence-electron chi connectivity index (χ3n) is 3.64. The zero-order valence-corrected chi connectivity index (χ0v) is 11.2. The molecule has 0 atom stereocenters. The summed E-state index contributed by atoms with van der Waals surface area (Å²) in [5, 5.41) is 2.43. The van der Waals surface area contributed by atoms with Crippen LogP contribution in [-0.4, -0.2) is 9.97 Å². The normalized spacial score (nSPS) is 11.3. The summed E-state index contributed by atoms with van der Waals surface area (Å²) in [5.74, 6) is 0. The Morgan fingerprint density at radius 1 is 0.778 bits per heavy atom. The maximum Gasteiger partial charge on any atom is 0.0970 e. The van der Waals surface area contributed by atoms with Crippen LogP contribution in [0.2, 0.25) is 0 Å². The minimum absolute atomic E-state index is 1.00. The first-order chi connectivity index (χ1) is 8.58. The number of hydrogen-bond donors (Lipinski definition) is 0. The standard InChI is InChI=1S/C16H16N2/c1-9-5-13-6-10(2)14-12(4)11(3)8-18-16(14)15(13)17-7-9/h5-8H,1-4H3. The first-order valence-electron chi connectivity index (χ1n) is 6.20. The van der Waals surface area contributed by atoms with E-state index in [1.54, 1.807) is 0 Å². The van der Waals surface area contributed by atoms with Crippen LogP contribution in [0.3, 0.4) is 0 Å². The van der Waals surface area contributed by atoms with Crippen molar-refractivity contribution in [1.82, 2.24) is 9.97 Å². The second-order valence-electron chi connectivity index (χ2n) is 5.07. The molecule has 0 radical (unpaired) electrons. The van der Waals surface area contributed by atoms with E-state index >= 15 is 0 Å². The molecule has 0 aliphatic carbocycles. The van der Waals surface area contributed by atoms with Crippen LogP contribution in [0.4, 0.5) is 0 Å². The van der Waals surface area contributed by atoms with Crippen LogP contribution in [-0.2, 0) is 0 Å². The van der Waals surface area contributed by atoms with E-state index in [9.17, 15) is 0 Å². The zero-order chi connectivity index (χ0) is 12.9. The van der Waals surface area contributed by atoms with E-state index in [1.807, 2.05) is 12.4 Å². The molecule has 18 heavy (non-hydrogen) atoms. The van der Waals surface area contributed by atoms with E-state index in [1.165, 1.54) is 33.0 Å². The summed E-state index contributed by atoms with van der Waals surface area (Å²) in [6.07, 6.45) is 3.85. The van der Waals surface area contributed by atoms with Crippen LogP contribution in [0.15, 0.2) is 24.5 Å². The van der Waals surface area contributed by atoms with Gasteiger partial charge in [0.25, 0.3) is 0 Å². The van der Waals surface area contributed by atoms with Gasteiger partial charge >= 0.3 is 0 Å². The van der Waals surface area contributed by atoms with Crippen LogP contribution < -0.4 is 0 Å². The van der Waals surface area contributed by atoms with E-state index in [-0.39, 0.29) is 0 Å². The van der Waals surface area contributed by atoms with Gasteiger partial charge in [-0.1, -0.05) is 0 Å². The molecule has 2 aromatic heterocycles. The fourth-order valence-electron chi connectivity index (χ4n) is 2.56. The average molecular weight is 236 g/mol. The average Bonchev–Trinajstić information content (AvgIpc) is 2.32. The molecule has 0 N–H and O–H groups in total. The summed E-state index contributed by atoms with van der Waals surface area (Å²) < 4.78 is 0. The summed E-state index contributed by atoms with van der Waals surface area (Å²) in [6.45, 7) is 8.48. The molecule has 0 aliphatic heterocycles. The molecule has 2 heteroatoms. The van der Waals surface area contributed by atoms with E-state index < -0.39 is 0 Å². The maximum absolute atomic E-state index is 4.60. The monoisotopic (exact) mass is 236 g/mol. The molecule has 0 fully saturated rings. The van der Waals surface area contributed by atoms with Gasteiger partial charge in [0.05, 0.1) is 11.0 Å². The quantitative estimate of drug-likeness (QED) is 0.551. The number of rotatable bonds is 0. The second-order valence-corrected chi connectivity index (χ2v) is 5.07. The lowest BCUT2D eigenvalue weighted by Gasteiger charge is -2.10. The first-order valence-corrected chi connectivity index (χ1v) is 6.20. The van der Waals surface area contributed by atoms with Crippen molar-refractivity contribution in [2.75, 3.05) is 0 Å². The van der Waals surface area contributed by atoms with E-state index in [0.717, 1.165) is 11.0 Å². The summed E-state index contributed by atoms with van der Waals surface area (Å²) in [5.41, 5.74) is 7.03. The van der Waals surface area contributed by atoms with Gasteiger partial charge < -0.3 is 0 Å². The maximum atomic E-state index is 4.60. The molecule has 0 saturated carbocycles. The van der Waals surface area contributed by atoms with Gasteiger partial charge in [-0.15, -0.1) is 0 Å². The molecule has 90 valence electrons. The number of pyridine rings is 2. The lowest BCUT2D eigenvalue weighted by atomic mass is 9.98. The number of hydrogen-bond acceptors (Lipinski definition) is 2. The van der Waals surface area contributed by atoms with Crippen LogP contribution in [0.5, 0.6) is 0 Å². The van der Waals surface area contributed by atoms with E-state index in [2.05, 4.69) is 49.8 Å². The number of aromatic nitrogens is 2. The lowest BCUT2D eigenvalue weighted by Crippen LogP contribution is -1.93. The third-order valence-corrected chi connectivity index (χ3v) is 3.64. The molecule has 0 bridgehead atoms. The zero-order valence-electron chi connectivity index (χ0n) is 11.2. The fraction of sp³-hybridized carbons (Fsp3) is 0.250. The molecular weight excluding hydrogens is 220 g/mol. The van der Waals surface area contributed by atoms with Crippen LogP contribution in [0.1, 0.15) is 22.3 Å². The second kappa shape index (κ2) is 3.77. The number of nitrogens with zero attached hydrogens (tertiary/aromatic N) is 2. The van der Waals surface area contributed by atoms with Gasteiger partial charge in [0.2, 0.25) is 0 Å². The molecule has 0 saturated heterocycles. The molecule has 0 amide bonds. The van der Waals surface area contributed by atoms with E-state index in [0.29, 0.717) is 0 Å². The van der Waals surface area contributed by atoms with Gasteiger partial charge in [0.15, 0.2) is 0 Å². The fourth-order valence-corrected chi connectivity index (χ4v) is 2.56. The van der Waals surface area contributed by atoms with Gasteiger partial charge in [-0.25, -0.2) is 0 Å². The smallest absolute Gasteiger partial charge is 0.0970 e. The Morgan fingerprint density at radius 2 is 1.50 bits per heavy atom. The van der Waals surface area contributed by atoms with Crippen molar-refractivity contribution < 1.29 is 0 Å². The van der Waals surface area contributed by atoms with Crippen molar-refractivity contribution in [2.45, 2.75) is 27.7 Å². The Balaban J connectivity index is 2.59. The van der Waals surface area contributed by atoms with Crippen LogP contribution in [0, 0.1) is 27.7 Å². The predicted molar refractivity (Wildman–Crippen MR) is 76.0 cm³/mol. The Labute approximate surface area is 107 Å². The summed E-state index contributed by atoms with van der Waals surface area (Å²) in [4.78, 5) is 9.16. The highest BCUT2D eigenvalue weighted by Crippen LogP contribution is 2.29. The minimum atomic E-state index is 1.00. The number of benzene rings is 1. The van der Waals surface area contributed by atoms with Gasteiger partial charge in [-0.05, 0) is 62.1 Å². The molecule has 0 aliphatic rings. The van der Waals surface area contributed by atoms with Gasteiger partial charge in [0.1, 0.15) is 0 Å². The minimum Gasteiger partial charge on any atom is -0.254 e. The van der Waals surface area contributed by atoms with E-state index in [4.69, 9.17) is 0 Å². The van der Waals surface area contributed by atoms with Gasteiger partial charge in [-0.3, -0.25) is 9.97 Å². The Bertz CT molecular complexity index is 773. The largest absolute Gasteiger partial charge is 0.254 e.